The van der Waals surface area contributed by atoms with Gasteiger partial charge in [0.1, 0.15) is 18.3 Å². The molecule has 4 heterocycles. The topological polar surface area (TPSA) is 79.2 Å². The van der Waals surface area contributed by atoms with E-state index in [-0.39, 0.29) is 18.3 Å². The molecule has 7 heteroatoms. The molecular weight excluding hydrogens is 620 g/mol. The van der Waals surface area contributed by atoms with Gasteiger partial charge in [0.2, 0.25) is 0 Å². The molecule has 50 heavy (non-hydrogen) atoms. The summed E-state index contributed by atoms with van der Waals surface area (Å²) in [5.41, 5.74) is 8.01. The molecule has 0 saturated heterocycles. The molecule has 260 valence electrons. The van der Waals surface area contributed by atoms with Gasteiger partial charge in [0.25, 0.3) is 0 Å². The van der Waals surface area contributed by atoms with Gasteiger partial charge in [0.05, 0.1) is 46.5 Å². The number of hydrogen-bond acceptors (Lipinski definition) is 7. The van der Waals surface area contributed by atoms with E-state index >= 15 is 0 Å². The Hall–Kier alpha value is -4.30. The lowest BCUT2D eigenvalue weighted by atomic mass is 9.84. The highest BCUT2D eigenvalue weighted by Gasteiger charge is 2.27. The van der Waals surface area contributed by atoms with Crippen molar-refractivity contribution in [3.63, 3.8) is 0 Å². The molecule has 0 amide bonds. The Bertz CT molecular complexity index is 1790. The zero-order valence-electron chi connectivity index (χ0n) is 29.9. The molecule has 1 aliphatic carbocycles. The Kier molecular flexibility index (Phi) is 12.5. The van der Waals surface area contributed by atoms with Crippen molar-refractivity contribution in [1.29, 1.82) is 0 Å². The number of nitrogens with zero attached hydrogens (tertiary/aromatic N) is 4. The van der Waals surface area contributed by atoms with Crippen LogP contribution in [-0.2, 0) is 14.2 Å². The third-order valence-electron chi connectivity index (χ3n) is 9.20. The van der Waals surface area contributed by atoms with Crippen LogP contribution in [0.25, 0.3) is 22.6 Å². The van der Waals surface area contributed by atoms with Gasteiger partial charge in [-0.15, -0.1) is 0 Å². The molecule has 0 aliphatic heterocycles. The van der Waals surface area contributed by atoms with Crippen LogP contribution in [0.3, 0.4) is 0 Å². The van der Waals surface area contributed by atoms with Crippen LogP contribution in [0.15, 0.2) is 103 Å². The fourth-order valence-electron chi connectivity index (χ4n) is 6.85. The van der Waals surface area contributed by atoms with Crippen molar-refractivity contribution >= 4 is 0 Å². The molecule has 1 aromatic carbocycles. The normalized spacial score (nSPS) is 15.5. The molecule has 0 spiro atoms. The lowest BCUT2D eigenvalue weighted by Gasteiger charge is -2.30. The van der Waals surface area contributed by atoms with Crippen molar-refractivity contribution in [3.8, 4) is 22.6 Å². The highest BCUT2D eigenvalue weighted by atomic mass is 16.5. The number of ether oxygens (including phenoxy) is 3. The van der Waals surface area contributed by atoms with Gasteiger partial charge in [-0.3, -0.25) is 9.97 Å². The van der Waals surface area contributed by atoms with E-state index in [1.165, 1.54) is 32.1 Å². The minimum atomic E-state index is -0.376. The monoisotopic (exact) mass is 670 g/mol. The van der Waals surface area contributed by atoms with Gasteiger partial charge in [-0.1, -0.05) is 75.6 Å². The zero-order chi connectivity index (χ0) is 34.7. The zero-order valence-corrected chi connectivity index (χ0v) is 29.9. The number of pyridine rings is 4. The van der Waals surface area contributed by atoms with Gasteiger partial charge < -0.3 is 14.2 Å². The maximum Gasteiger partial charge on any atom is 0.141 e. The average Bonchev–Trinajstić information content (AvgIpc) is 3.17. The molecule has 0 N–H and O–H groups in total. The van der Waals surface area contributed by atoms with Crippen LogP contribution in [0.1, 0.15) is 106 Å². The van der Waals surface area contributed by atoms with Crippen LogP contribution in [-0.4, -0.2) is 39.8 Å². The third-order valence-corrected chi connectivity index (χ3v) is 9.20. The summed E-state index contributed by atoms with van der Waals surface area (Å²) in [5, 5.41) is 0. The molecule has 7 nitrogen and oxygen atoms in total. The molecule has 6 rings (SSSR count). The summed E-state index contributed by atoms with van der Waals surface area (Å²) in [4.78, 5) is 19.9. The molecule has 0 bridgehead atoms. The lowest BCUT2D eigenvalue weighted by Crippen LogP contribution is -2.20. The van der Waals surface area contributed by atoms with Crippen molar-refractivity contribution < 1.29 is 14.2 Å². The Morgan fingerprint density at radius 1 is 0.600 bits per heavy atom. The maximum atomic E-state index is 6.39. The first-order valence-corrected chi connectivity index (χ1v) is 18.3. The van der Waals surface area contributed by atoms with Crippen molar-refractivity contribution in [2.45, 2.75) is 78.1 Å². The number of rotatable bonds is 15. The second kappa shape index (κ2) is 17.6. The van der Waals surface area contributed by atoms with Gasteiger partial charge >= 0.3 is 0 Å². The van der Waals surface area contributed by atoms with Crippen molar-refractivity contribution in [2.75, 3.05) is 19.8 Å². The Balaban J connectivity index is 1.29. The summed E-state index contributed by atoms with van der Waals surface area (Å²) in [6.45, 7) is 10.2. The molecule has 1 fully saturated rings. The Morgan fingerprint density at radius 3 is 1.88 bits per heavy atom. The second-order valence-electron chi connectivity index (χ2n) is 13.4. The first kappa shape index (κ1) is 35.5. The largest absolute Gasteiger partial charge is 0.372 e. The van der Waals surface area contributed by atoms with Gasteiger partial charge in [0.15, 0.2) is 0 Å². The average molecular weight is 671 g/mol. The Morgan fingerprint density at radius 2 is 1.22 bits per heavy atom. The van der Waals surface area contributed by atoms with Gasteiger partial charge in [-0.05, 0) is 98.7 Å². The van der Waals surface area contributed by atoms with Crippen LogP contribution >= 0.6 is 0 Å². The predicted octanol–water partition coefficient (Wildman–Crippen LogP) is 10.1. The van der Waals surface area contributed by atoms with Crippen LogP contribution in [0.2, 0.25) is 0 Å². The fourth-order valence-corrected chi connectivity index (χ4v) is 6.85. The fraction of sp³-hybridized carbons (Fsp3) is 0.395. The number of aromatic nitrogens is 4. The van der Waals surface area contributed by atoms with Gasteiger partial charge in [-0.2, -0.15) is 0 Å². The maximum absolute atomic E-state index is 6.39. The first-order valence-electron chi connectivity index (χ1n) is 18.3. The third kappa shape index (κ3) is 8.88. The standard InChI is InChI=1S/C43H50N4O3/c1-5-48-41(31-16-8-7-9-17-31)38-24-13-21-34(45-38)32-18-12-19-33(28-32)42(49-6-2)39-25-14-22-35(46-39)36-23-15-26-40(47-36)43(50-29-30(3)4)37-20-10-11-27-44-37/h10-15,18-28,30-31,41-43H,5-9,16-17,29H2,1-4H3. The van der Waals surface area contributed by atoms with Crippen LogP contribution in [0, 0.1) is 11.8 Å². The van der Waals surface area contributed by atoms with Crippen LogP contribution in [0.4, 0.5) is 0 Å². The summed E-state index contributed by atoms with van der Waals surface area (Å²) in [7, 11) is 0. The SMILES string of the molecule is CCOC(c1cccc(-c2cccc(C(OCC)C3CCCCC3)n2)c1)c1cccc(-c2cccc(C(OCC(C)C)c3ccccn3)n2)n1. The van der Waals surface area contributed by atoms with Crippen molar-refractivity contribution in [2.24, 2.45) is 11.8 Å². The Labute approximate surface area is 297 Å². The van der Waals surface area contributed by atoms with E-state index in [2.05, 4.69) is 68.2 Å². The minimum Gasteiger partial charge on any atom is -0.372 e. The molecular formula is C43H50N4O3. The molecule has 0 radical (unpaired) electrons. The number of hydrogen-bond donors (Lipinski definition) is 0. The van der Waals surface area contributed by atoms with E-state index in [0.29, 0.717) is 31.7 Å². The van der Waals surface area contributed by atoms with Crippen LogP contribution < -0.4 is 0 Å². The van der Waals surface area contributed by atoms with E-state index < -0.39 is 0 Å². The first-order chi connectivity index (χ1) is 24.5. The van der Waals surface area contributed by atoms with Gasteiger partial charge in [0, 0.05) is 25.0 Å². The van der Waals surface area contributed by atoms with E-state index in [9.17, 15) is 0 Å². The lowest BCUT2D eigenvalue weighted by molar-refractivity contribution is 0.00292. The molecule has 1 saturated carbocycles. The summed E-state index contributed by atoms with van der Waals surface area (Å²) in [5.74, 6) is 0.895. The highest BCUT2D eigenvalue weighted by molar-refractivity contribution is 5.61. The second-order valence-corrected chi connectivity index (χ2v) is 13.4. The summed E-state index contributed by atoms with van der Waals surface area (Å²) < 4.78 is 19.1. The van der Waals surface area contributed by atoms with Crippen LogP contribution in [0.5, 0.6) is 0 Å². The van der Waals surface area contributed by atoms with E-state index in [1.807, 2.05) is 61.5 Å². The number of benzene rings is 1. The van der Waals surface area contributed by atoms with E-state index in [4.69, 9.17) is 29.2 Å². The minimum absolute atomic E-state index is 0.0275. The molecule has 1 aliphatic rings. The van der Waals surface area contributed by atoms with Gasteiger partial charge in [-0.25, -0.2) is 9.97 Å². The smallest absolute Gasteiger partial charge is 0.141 e. The summed E-state index contributed by atoms with van der Waals surface area (Å²) in [6, 6.07) is 32.7. The quantitative estimate of drug-likeness (QED) is 0.110. The molecule has 4 aromatic heterocycles. The summed E-state index contributed by atoms with van der Waals surface area (Å²) in [6.07, 6.45) is 7.33. The highest BCUT2D eigenvalue weighted by Crippen LogP contribution is 2.37. The van der Waals surface area contributed by atoms with E-state index in [0.717, 1.165) is 51.0 Å². The van der Waals surface area contributed by atoms with Crippen molar-refractivity contribution in [3.05, 3.63) is 132 Å². The van der Waals surface area contributed by atoms with Crippen molar-refractivity contribution in [1.82, 2.24) is 19.9 Å². The molecule has 5 aromatic rings. The predicted molar refractivity (Wildman–Crippen MR) is 198 cm³/mol. The molecule has 3 unspecified atom stereocenters. The van der Waals surface area contributed by atoms with E-state index in [1.54, 1.807) is 6.20 Å². The summed E-state index contributed by atoms with van der Waals surface area (Å²) >= 11 is 0. The molecule has 3 atom stereocenters.